The number of dihydropyridines is 1. The molecular formula is C25H29F2N3O. The number of nitrogens with zero attached hydrogens (tertiary/aromatic N) is 2. The van der Waals surface area contributed by atoms with E-state index in [1.165, 1.54) is 12.1 Å². The first-order chi connectivity index (χ1) is 14.7. The van der Waals surface area contributed by atoms with Gasteiger partial charge >= 0.3 is 0 Å². The third kappa shape index (κ3) is 4.85. The number of likely N-dealkylation sites (tertiary alicyclic amines) is 1. The largest absolute Gasteiger partial charge is 0.364 e. The zero-order chi connectivity index (χ0) is 22.2. The molecule has 4 nitrogen and oxygen atoms in total. The lowest BCUT2D eigenvalue weighted by Crippen LogP contribution is -2.43. The van der Waals surface area contributed by atoms with E-state index in [9.17, 15) is 13.6 Å². The monoisotopic (exact) mass is 425 g/mol. The highest BCUT2D eigenvalue weighted by molar-refractivity contribution is 6.44. The number of fused-ring (bicyclic) bond motifs is 1. The Hall–Kier alpha value is -2.60. The molecule has 0 spiro atoms. The molecule has 31 heavy (non-hydrogen) atoms. The van der Waals surface area contributed by atoms with Crippen molar-refractivity contribution in [2.24, 2.45) is 22.6 Å². The van der Waals surface area contributed by atoms with E-state index in [-0.39, 0.29) is 23.4 Å². The lowest BCUT2D eigenvalue weighted by Gasteiger charge is -2.38. The van der Waals surface area contributed by atoms with Gasteiger partial charge in [-0.05, 0) is 80.6 Å². The van der Waals surface area contributed by atoms with Crippen LogP contribution in [0.15, 0.2) is 58.8 Å². The van der Waals surface area contributed by atoms with Crippen molar-refractivity contribution in [3.63, 3.8) is 0 Å². The second-order valence-electron chi connectivity index (χ2n) is 9.24. The Bertz CT molecular complexity index is 983. The van der Waals surface area contributed by atoms with Crippen LogP contribution in [0.3, 0.4) is 0 Å². The summed E-state index contributed by atoms with van der Waals surface area (Å²) in [5.41, 5.74) is 8.26. The van der Waals surface area contributed by atoms with E-state index >= 15 is 0 Å². The predicted molar refractivity (Wildman–Crippen MR) is 120 cm³/mol. The van der Waals surface area contributed by atoms with Crippen molar-refractivity contribution < 1.29 is 13.6 Å². The average Bonchev–Trinajstić information content (AvgIpc) is 2.73. The van der Waals surface area contributed by atoms with E-state index in [4.69, 9.17) is 5.73 Å². The minimum Gasteiger partial charge on any atom is -0.364 e. The highest BCUT2D eigenvalue weighted by Crippen LogP contribution is 2.39. The predicted octanol–water partition coefficient (Wildman–Crippen LogP) is 4.44. The molecule has 164 valence electrons. The number of hydrogen-bond acceptors (Lipinski definition) is 3. The van der Waals surface area contributed by atoms with Gasteiger partial charge in [-0.3, -0.25) is 9.69 Å². The number of carbonyl (C=O) groups is 1. The van der Waals surface area contributed by atoms with Crippen molar-refractivity contribution in [3.05, 3.63) is 65.1 Å². The van der Waals surface area contributed by atoms with Crippen LogP contribution >= 0.6 is 0 Å². The molecule has 4 rings (SSSR count). The summed E-state index contributed by atoms with van der Waals surface area (Å²) < 4.78 is 27.9. The molecule has 1 aromatic carbocycles. The summed E-state index contributed by atoms with van der Waals surface area (Å²) in [6.07, 6.45) is 8.59. The number of benzene rings is 1. The van der Waals surface area contributed by atoms with Crippen LogP contribution in [0.4, 0.5) is 8.78 Å². The number of halogens is 2. The Balaban J connectivity index is 1.56. The van der Waals surface area contributed by atoms with Crippen molar-refractivity contribution >= 4 is 17.2 Å². The number of piperidine rings is 1. The SMILES string of the molecule is CC(C)(F)C1CCCN(CC2=CCC3C(=C2)N=C(C(N)=O)C=C3c2ccc(F)cc2)C1. The summed E-state index contributed by atoms with van der Waals surface area (Å²) in [6, 6.07) is 6.26. The Kier molecular flexibility index (Phi) is 5.93. The number of primary amides is 1. The molecule has 2 heterocycles. The van der Waals surface area contributed by atoms with Crippen LogP contribution in [-0.4, -0.2) is 41.8 Å². The number of amides is 1. The van der Waals surface area contributed by atoms with Crippen molar-refractivity contribution in [2.45, 2.75) is 38.8 Å². The van der Waals surface area contributed by atoms with Crippen molar-refractivity contribution in [2.75, 3.05) is 19.6 Å². The molecule has 1 saturated heterocycles. The topological polar surface area (TPSA) is 58.7 Å². The van der Waals surface area contributed by atoms with Gasteiger partial charge < -0.3 is 5.73 Å². The maximum Gasteiger partial charge on any atom is 0.267 e. The molecule has 1 amide bonds. The van der Waals surface area contributed by atoms with Crippen LogP contribution in [-0.2, 0) is 4.79 Å². The van der Waals surface area contributed by atoms with Crippen LogP contribution < -0.4 is 5.73 Å². The summed E-state index contributed by atoms with van der Waals surface area (Å²) in [4.78, 5) is 18.7. The lowest BCUT2D eigenvalue weighted by molar-refractivity contribution is -0.111. The number of rotatable bonds is 5. The molecular weight excluding hydrogens is 396 g/mol. The Labute approximate surface area is 182 Å². The van der Waals surface area contributed by atoms with Crippen LogP contribution in [0.5, 0.6) is 0 Å². The molecule has 6 heteroatoms. The zero-order valence-electron chi connectivity index (χ0n) is 18.1. The summed E-state index contributed by atoms with van der Waals surface area (Å²) in [5, 5.41) is 0. The maximum atomic E-state index is 14.5. The summed E-state index contributed by atoms with van der Waals surface area (Å²) in [6.45, 7) is 5.76. The molecule has 1 aliphatic carbocycles. The first-order valence-electron chi connectivity index (χ1n) is 10.9. The van der Waals surface area contributed by atoms with Crippen LogP contribution in [0.1, 0.15) is 38.7 Å². The fourth-order valence-corrected chi connectivity index (χ4v) is 4.74. The van der Waals surface area contributed by atoms with Crippen molar-refractivity contribution in [3.8, 4) is 0 Å². The normalized spacial score (nSPS) is 24.5. The van der Waals surface area contributed by atoms with Crippen molar-refractivity contribution in [1.82, 2.24) is 4.90 Å². The van der Waals surface area contributed by atoms with Crippen LogP contribution in [0.2, 0.25) is 0 Å². The van der Waals surface area contributed by atoms with Gasteiger partial charge in [0.1, 0.15) is 17.2 Å². The van der Waals surface area contributed by atoms with Crippen LogP contribution in [0, 0.1) is 17.7 Å². The smallest absolute Gasteiger partial charge is 0.267 e. The van der Waals surface area contributed by atoms with Gasteiger partial charge in [-0.2, -0.15) is 0 Å². The van der Waals surface area contributed by atoms with Gasteiger partial charge in [0, 0.05) is 30.6 Å². The molecule has 0 aromatic heterocycles. The molecule has 2 unspecified atom stereocenters. The number of nitrogens with two attached hydrogens (primary N) is 1. The summed E-state index contributed by atoms with van der Waals surface area (Å²) in [7, 11) is 0. The van der Waals surface area contributed by atoms with E-state index < -0.39 is 11.6 Å². The number of aliphatic imine (C=N–C) groups is 1. The maximum absolute atomic E-state index is 14.5. The average molecular weight is 426 g/mol. The first-order valence-corrected chi connectivity index (χ1v) is 10.9. The molecule has 0 saturated carbocycles. The quantitative estimate of drug-likeness (QED) is 0.758. The number of hydrogen-bond donors (Lipinski definition) is 1. The molecule has 2 N–H and O–H groups in total. The number of carbonyl (C=O) groups excluding carboxylic acids is 1. The molecule has 0 bridgehead atoms. The number of alkyl halides is 1. The minimum absolute atomic E-state index is 0.00353. The zero-order valence-corrected chi connectivity index (χ0v) is 18.1. The van der Waals surface area contributed by atoms with Gasteiger partial charge in [-0.1, -0.05) is 18.2 Å². The van der Waals surface area contributed by atoms with Gasteiger partial charge in [0.25, 0.3) is 5.91 Å². The third-order valence-electron chi connectivity index (χ3n) is 6.54. The van der Waals surface area contributed by atoms with E-state index in [1.54, 1.807) is 32.1 Å². The van der Waals surface area contributed by atoms with E-state index in [0.717, 1.165) is 61.3 Å². The molecule has 2 atom stereocenters. The highest BCUT2D eigenvalue weighted by atomic mass is 19.1. The van der Waals surface area contributed by atoms with Gasteiger partial charge in [0.2, 0.25) is 0 Å². The molecule has 0 radical (unpaired) electrons. The molecule has 3 aliphatic rings. The number of allylic oxidation sites excluding steroid dienone is 2. The fraction of sp³-hybridized carbons (Fsp3) is 0.440. The van der Waals surface area contributed by atoms with Crippen LogP contribution in [0.25, 0.3) is 5.57 Å². The molecule has 1 fully saturated rings. The summed E-state index contributed by atoms with van der Waals surface area (Å²) >= 11 is 0. The van der Waals surface area contributed by atoms with Gasteiger partial charge in [-0.15, -0.1) is 0 Å². The Morgan fingerprint density at radius 2 is 2.00 bits per heavy atom. The van der Waals surface area contributed by atoms with Gasteiger partial charge in [0.05, 0.1) is 0 Å². The lowest BCUT2D eigenvalue weighted by atomic mass is 9.81. The second-order valence-corrected chi connectivity index (χ2v) is 9.24. The Morgan fingerprint density at radius 3 is 2.68 bits per heavy atom. The van der Waals surface area contributed by atoms with Gasteiger partial charge in [-0.25, -0.2) is 13.8 Å². The highest BCUT2D eigenvalue weighted by Gasteiger charge is 2.34. The van der Waals surface area contributed by atoms with E-state index in [0.29, 0.717) is 0 Å². The fourth-order valence-electron chi connectivity index (χ4n) is 4.74. The molecule has 1 aromatic rings. The minimum atomic E-state index is -1.18. The first kappa shape index (κ1) is 21.6. The summed E-state index contributed by atoms with van der Waals surface area (Å²) in [5.74, 6) is -0.856. The Morgan fingerprint density at radius 1 is 1.26 bits per heavy atom. The van der Waals surface area contributed by atoms with Gasteiger partial charge in [0.15, 0.2) is 0 Å². The van der Waals surface area contributed by atoms with E-state index in [1.807, 2.05) is 6.08 Å². The standard InChI is InChI=1S/C25H29F2N3O/c1-25(2,27)18-4-3-11-30(15-18)14-16-5-10-20-21(17-6-8-19(26)9-7-17)13-23(24(28)31)29-22(20)12-16/h5-9,12-13,18,20H,3-4,10-11,14-15H2,1-2H3,(H2,28,31). The van der Waals surface area contributed by atoms with Crippen molar-refractivity contribution in [1.29, 1.82) is 0 Å². The third-order valence-corrected chi connectivity index (χ3v) is 6.54. The van der Waals surface area contributed by atoms with E-state index in [2.05, 4.69) is 16.0 Å². The second kappa shape index (κ2) is 8.50. The molecule has 2 aliphatic heterocycles.